The summed E-state index contributed by atoms with van der Waals surface area (Å²) in [4.78, 5) is 26.7. The van der Waals surface area contributed by atoms with Crippen LogP contribution in [0.3, 0.4) is 0 Å². The molecule has 1 fully saturated rings. The maximum absolute atomic E-state index is 12.5. The van der Waals surface area contributed by atoms with Gasteiger partial charge in [0.05, 0.1) is 6.61 Å². The van der Waals surface area contributed by atoms with Crippen LogP contribution in [0.2, 0.25) is 0 Å². The molecule has 0 radical (unpaired) electrons. The van der Waals surface area contributed by atoms with Crippen molar-refractivity contribution in [1.29, 1.82) is 0 Å². The minimum Gasteiger partial charge on any atom is -0.493 e. The number of carbonyl (C=O) groups is 2. The smallest absolute Gasteiger partial charge is 0.246 e. The summed E-state index contributed by atoms with van der Waals surface area (Å²) in [5.41, 5.74) is 1.98. The highest BCUT2D eigenvalue weighted by atomic mass is 16.5. The number of para-hydroxylation sites is 1. The minimum absolute atomic E-state index is 0.0283. The van der Waals surface area contributed by atoms with Crippen LogP contribution in [0.1, 0.15) is 30.9 Å². The second-order valence-electron chi connectivity index (χ2n) is 7.11. The van der Waals surface area contributed by atoms with Crippen LogP contribution < -0.4 is 10.1 Å². The van der Waals surface area contributed by atoms with Crippen LogP contribution >= 0.6 is 0 Å². The van der Waals surface area contributed by atoms with Gasteiger partial charge in [0.1, 0.15) is 5.75 Å². The molecule has 2 aromatic carbocycles. The third-order valence-electron chi connectivity index (χ3n) is 5.11. The number of amides is 2. The Labute approximate surface area is 172 Å². The van der Waals surface area contributed by atoms with Gasteiger partial charge in [0.25, 0.3) is 0 Å². The van der Waals surface area contributed by atoms with Gasteiger partial charge in [-0.05, 0) is 37.5 Å². The number of carbonyl (C=O) groups excluding carboxylic acids is 2. The quantitative estimate of drug-likeness (QED) is 0.732. The van der Waals surface area contributed by atoms with E-state index in [4.69, 9.17) is 4.74 Å². The van der Waals surface area contributed by atoms with E-state index in [1.54, 1.807) is 17.1 Å². The van der Waals surface area contributed by atoms with Gasteiger partial charge < -0.3 is 15.0 Å². The predicted molar refractivity (Wildman–Crippen MR) is 114 cm³/mol. The fourth-order valence-corrected chi connectivity index (χ4v) is 3.46. The zero-order chi connectivity index (χ0) is 20.5. The summed E-state index contributed by atoms with van der Waals surface area (Å²) in [7, 11) is 0. The van der Waals surface area contributed by atoms with Crippen molar-refractivity contribution < 1.29 is 14.3 Å². The molecule has 3 rings (SSSR count). The average molecular weight is 392 g/mol. The summed E-state index contributed by atoms with van der Waals surface area (Å²) < 4.78 is 5.59. The van der Waals surface area contributed by atoms with Gasteiger partial charge in [-0.25, -0.2) is 0 Å². The molecule has 1 aliphatic rings. The standard InChI is InChI=1S/C24H28N2O3/c1-2-29-22-11-7-6-10-20(22)12-13-23(27)26-16-14-21(15-17-26)24(28)25-18-19-8-4-3-5-9-19/h3-13,21H,2,14-18H2,1H3,(H,25,28). The van der Waals surface area contributed by atoms with Crippen molar-refractivity contribution in [3.63, 3.8) is 0 Å². The van der Waals surface area contributed by atoms with Gasteiger partial charge in [-0.1, -0.05) is 48.5 Å². The number of nitrogens with one attached hydrogen (secondary N) is 1. The van der Waals surface area contributed by atoms with E-state index in [-0.39, 0.29) is 17.7 Å². The van der Waals surface area contributed by atoms with Crippen molar-refractivity contribution in [2.75, 3.05) is 19.7 Å². The molecule has 2 amide bonds. The van der Waals surface area contributed by atoms with Gasteiger partial charge in [-0.3, -0.25) is 9.59 Å². The van der Waals surface area contributed by atoms with E-state index in [2.05, 4.69) is 5.32 Å². The molecule has 0 atom stereocenters. The van der Waals surface area contributed by atoms with Crippen molar-refractivity contribution in [1.82, 2.24) is 10.2 Å². The van der Waals surface area contributed by atoms with Crippen LogP contribution in [-0.4, -0.2) is 36.4 Å². The number of nitrogens with zero attached hydrogens (tertiary/aromatic N) is 1. The molecule has 1 heterocycles. The normalized spacial score (nSPS) is 14.7. The first-order chi connectivity index (χ1) is 14.2. The third kappa shape index (κ3) is 5.95. The van der Waals surface area contributed by atoms with E-state index in [9.17, 15) is 9.59 Å². The minimum atomic E-state index is -0.0366. The Balaban J connectivity index is 1.47. The van der Waals surface area contributed by atoms with Crippen molar-refractivity contribution in [3.8, 4) is 5.75 Å². The molecular weight excluding hydrogens is 364 g/mol. The second-order valence-corrected chi connectivity index (χ2v) is 7.11. The molecule has 0 unspecified atom stereocenters. The Morgan fingerprint density at radius 2 is 1.76 bits per heavy atom. The molecule has 1 N–H and O–H groups in total. The molecule has 0 spiro atoms. The summed E-state index contributed by atoms with van der Waals surface area (Å²) in [6.07, 6.45) is 4.77. The lowest BCUT2D eigenvalue weighted by molar-refractivity contribution is -0.132. The Hall–Kier alpha value is -3.08. The van der Waals surface area contributed by atoms with Gasteiger partial charge in [0, 0.05) is 37.2 Å². The topological polar surface area (TPSA) is 58.6 Å². The fraction of sp³-hybridized carbons (Fsp3) is 0.333. The zero-order valence-electron chi connectivity index (χ0n) is 16.8. The lowest BCUT2D eigenvalue weighted by Gasteiger charge is -2.30. The summed E-state index contributed by atoms with van der Waals surface area (Å²) in [5, 5.41) is 3.01. The molecule has 29 heavy (non-hydrogen) atoms. The van der Waals surface area contributed by atoms with Crippen LogP contribution in [-0.2, 0) is 16.1 Å². The number of benzene rings is 2. The van der Waals surface area contributed by atoms with E-state index in [1.165, 1.54) is 0 Å². The lowest BCUT2D eigenvalue weighted by atomic mass is 9.95. The number of piperidine rings is 1. The first-order valence-corrected chi connectivity index (χ1v) is 10.2. The van der Waals surface area contributed by atoms with Crippen molar-refractivity contribution >= 4 is 17.9 Å². The second kappa shape index (κ2) is 10.5. The van der Waals surface area contributed by atoms with E-state index < -0.39 is 0 Å². The number of hydrogen-bond donors (Lipinski definition) is 1. The van der Waals surface area contributed by atoms with Gasteiger partial charge in [0.15, 0.2) is 0 Å². The van der Waals surface area contributed by atoms with Gasteiger partial charge >= 0.3 is 0 Å². The molecular formula is C24H28N2O3. The SMILES string of the molecule is CCOc1ccccc1C=CC(=O)N1CCC(C(=O)NCc2ccccc2)CC1. The summed E-state index contributed by atoms with van der Waals surface area (Å²) in [6, 6.07) is 17.5. The highest BCUT2D eigenvalue weighted by Crippen LogP contribution is 2.21. The maximum Gasteiger partial charge on any atom is 0.246 e. The zero-order valence-corrected chi connectivity index (χ0v) is 16.8. The Morgan fingerprint density at radius 3 is 2.48 bits per heavy atom. The highest BCUT2D eigenvalue weighted by molar-refractivity contribution is 5.92. The van der Waals surface area contributed by atoms with Crippen LogP contribution in [0.25, 0.3) is 6.08 Å². The Bertz CT molecular complexity index is 840. The van der Waals surface area contributed by atoms with E-state index in [1.807, 2.05) is 61.5 Å². The highest BCUT2D eigenvalue weighted by Gasteiger charge is 2.26. The van der Waals surface area contributed by atoms with Crippen LogP contribution in [0.15, 0.2) is 60.7 Å². The molecule has 1 aliphatic heterocycles. The molecule has 1 saturated heterocycles. The number of ether oxygens (including phenoxy) is 1. The molecule has 2 aromatic rings. The first-order valence-electron chi connectivity index (χ1n) is 10.2. The fourth-order valence-electron chi connectivity index (χ4n) is 3.46. The molecule has 5 nitrogen and oxygen atoms in total. The Morgan fingerprint density at radius 1 is 1.07 bits per heavy atom. The Kier molecular flexibility index (Phi) is 7.45. The number of rotatable bonds is 7. The monoisotopic (exact) mass is 392 g/mol. The predicted octanol–water partition coefficient (Wildman–Crippen LogP) is 3.65. The molecule has 0 saturated carbocycles. The van der Waals surface area contributed by atoms with Crippen LogP contribution in [0.5, 0.6) is 5.75 Å². The van der Waals surface area contributed by atoms with Gasteiger partial charge in [-0.15, -0.1) is 0 Å². The van der Waals surface area contributed by atoms with Crippen molar-refractivity contribution in [3.05, 3.63) is 71.8 Å². The van der Waals surface area contributed by atoms with Crippen molar-refractivity contribution in [2.45, 2.75) is 26.3 Å². The largest absolute Gasteiger partial charge is 0.493 e. The maximum atomic E-state index is 12.5. The van der Waals surface area contributed by atoms with Crippen molar-refractivity contribution in [2.24, 2.45) is 5.92 Å². The molecule has 0 aliphatic carbocycles. The number of hydrogen-bond acceptors (Lipinski definition) is 3. The van der Waals surface area contributed by atoms with Crippen LogP contribution in [0, 0.1) is 5.92 Å². The van der Waals surface area contributed by atoms with E-state index >= 15 is 0 Å². The summed E-state index contributed by atoms with van der Waals surface area (Å²) >= 11 is 0. The summed E-state index contributed by atoms with van der Waals surface area (Å²) in [5.74, 6) is 0.778. The molecule has 5 heteroatoms. The molecule has 0 aromatic heterocycles. The van der Waals surface area contributed by atoms with E-state index in [0.717, 1.165) is 16.9 Å². The average Bonchev–Trinajstić information content (AvgIpc) is 2.77. The lowest BCUT2D eigenvalue weighted by Crippen LogP contribution is -2.42. The molecule has 0 bridgehead atoms. The van der Waals surface area contributed by atoms with E-state index in [0.29, 0.717) is 39.1 Å². The third-order valence-corrected chi connectivity index (χ3v) is 5.11. The first kappa shape index (κ1) is 20.6. The molecule has 152 valence electrons. The van der Waals surface area contributed by atoms with Crippen LogP contribution in [0.4, 0.5) is 0 Å². The summed E-state index contributed by atoms with van der Waals surface area (Å²) in [6.45, 7) is 4.25. The van der Waals surface area contributed by atoms with Gasteiger partial charge in [-0.2, -0.15) is 0 Å². The van der Waals surface area contributed by atoms with Gasteiger partial charge in [0.2, 0.25) is 11.8 Å². The number of likely N-dealkylation sites (tertiary alicyclic amines) is 1.